The molecule has 0 unspecified atom stereocenters. The summed E-state index contributed by atoms with van der Waals surface area (Å²) in [6.45, 7) is 13.7. The number of aryl methyl sites for hydroxylation is 2. The molecule has 0 amide bonds. The van der Waals surface area contributed by atoms with E-state index < -0.39 is 0 Å². The molecule has 0 aliphatic heterocycles. The number of hydrogen-bond acceptors (Lipinski definition) is 1. The average Bonchev–Trinajstić information content (AvgIpc) is 2.21. The number of benzene rings is 1. The molecule has 0 aromatic heterocycles. The molecule has 0 bridgehead atoms. The van der Waals surface area contributed by atoms with E-state index in [9.17, 15) is 0 Å². The Morgan fingerprint density at radius 2 is 1.81 bits per heavy atom. The summed E-state index contributed by atoms with van der Waals surface area (Å²) in [6.07, 6.45) is 3.70. The van der Waals surface area contributed by atoms with Gasteiger partial charge in [0.05, 0.1) is 0 Å². The van der Waals surface area contributed by atoms with Gasteiger partial charge in [0, 0.05) is 0 Å². The lowest BCUT2D eigenvalue weighted by atomic mass is 10.1. The molecule has 16 heavy (non-hydrogen) atoms. The van der Waals surface area contributed by atoms with Gasteiger partial charge in [-0.25, -0.2) is 0 Å². The van der Waals surface area contributed by atoms with Gasteiger partial charge < -0.3 is 4.74 Å². The minimum atomic E-state index is 0.617. The van der Waals surface area contributed by atoms with Gasteiger partial charge in [0.2, 0.25) is 0 Å². The summed E-state index contributed by atoms with van der Waals surface area (Å²) < 4.78 is 5.58. The van der Waals surface area contributed by atoms with Crippen molar-refractivity contribution >= 4 is 0 Å². The fourth-order valence-electron chi connectivity index (χ4n) is 1.20. The third-order valence-electron chi connectivity index (χ3n) is 2.28. The third kappa shape index (κ3) is 3.77. The second kappa shape index (κ2) is 5.36. The number of allylic oxidation sites excluding steroid dienone is 3. The predicted molar refractivity (Wildman–Crippen MR) is 69.6 cm³/mol. The van der Waals surface area contributed by atoms with Crippen LogP contribution in [0.3, 0.4) is 0 Å². The lowest BCUT2D eigenvalue weighted by Gasteiger charge is -2.07. The summed E-state index contributed by atoms with van der Waals surface area (Å²) in [4.78, 5) is 0. The Hall–Kier alpha value is -1.76. The summed E-state index contributed by atoms with van der Waals surface area (Å²) in [5, 5.41) is 0. The normalized spacial score (nSPS) is 10.4. The van der Waals surface area contributed by atoms with Gasteiger partial charge in [-0.3, -0.25) is 0 Å². The van der Waals surface area contributed by atoms with Crippen LogP contribution in [0, 0.1) is 13.8 Å². The first kappa shape index (κ1) is 12.3. The summed E-state index contributed by atoms with van der Waals surface area (Å²) in [5.41, 5.74) is 3.45. The molecule has 1 heteroatoms. The van der Waals surface area contributed by atoms with Crippen molar-refractivity contribution in [1.82, 2.24) is 0 Å². The van der Waals surface area contributed by atoms with E-state index in [4.69, 9.17) is 4.74 Å². The Balaban J connectivity index is 2.70. The van der Waals surface area contributed by atoms with E-state index in [0.29, 0.717) is 5.76 Å². The van der Waals surface area contributed by atoms with Crippen LogP contribution in [0.4, 0.5) is 0 Å². The molecular weight excluding hydrogens is 196 g/mol. The molecule has 0 spiro atoms. The van der Waals surface area contributed by atoms with Crippen LogP contribution in [0.1, 0.15) is 18.1 Å². The highest BCUT2D eigenvalue weighted by molar-refractivity contribution is 5.35. The summed E-state index contributed by atoms with van der Waals surface area (Å²) in [5.74, 6) is 1.44. The standard InChI is InChI=1S/C15H18O/c1-11(2)6-8-14(5)16-15-9-7-12(3)13(4)10-15/h6-10H,1,5H2,2-4H3/b8-6-. The molecule has 0 fully saturated rings. The van der Waals surface area contributed by atoms with Crippen molar-refractivity contribution in [3.63, 3.8) is 0 Å². The fourth-order valence-corrected chi connectivity index (χ4v) is 1.20. The molecule has 0 radical (unpaired) electrons. The Morgan fingerprint density at radius 3 is 2.38 bits per heavy atom. The lowest BCUT2D eigenvalue weighted by molar-refractivity contribution is 0.446. The molecule has 1 aromatic carbocycles. The highest BCUT2D eigenvalue weighted by Crippen LogP contribution is 2.18. The molecule has 0 aliphatic rings. The molecule has 0 saturated carbocycles. The summed E-state index contributed by atoms with van der Waals surface area (Å²) in [7, 11) is 0. The van der Waals surface area contributed by atoms with E-state index >= 15 is 0 Å². The van der Waals surface area contributed by atoms with Crippen LogP contribution in [0.5, 0.6) is 5.75 Å². The van der Waals surface area contributed by atoms with Crippen molar-refractivity contribution in [2.24, 2.45) is 0 Å². The fraction of sp³-hybridized carbons (Fsp3) is 0.200. The van der Waals surface area contributed by atoms with Crippen molar-refractivity contribution in [1.29, 1.82) is 0 Å². The highest BCUT2D eigenvalue weighted by atomic mass is 16.5. The molecule has 1 aromatic rings. The van der Waals surface area contributed by atoms with Crippen molar-refractivity contribution in [2.75, 3.05) is 0 Å². The molecule has 1 rings (SSSR count). The minimum Gasteiger partial charge on any atom is -0.458 e. The molecule has 0 atom stereocenters. The van der Waals surface area contributed by atoms with Crippen LogP contribution in [0.15, 0.2) is 54.8 Å². The van der Waals surface area contributed by atoms with Crippen LogP contribution in [0.25, 0.3) is 0 Å². The van der Waals surface area contributed by atoms with Crippen molar-refractivity contribution in [3.05, 3.63) is 66.0 Å². The summed E-state index contributed by atoms with van der Waals surface area (Å²) >= 11 is 0. The number of ether oxygens (including phenoxy) is 1. The van der Waals surface area contributed by atoms with Crippen molar-refractivity contribution < 1.29 is 4.74 Å². The Morgan fingerprint density at radius 1 is 1.12 bits per heavy atom. The summed E-state index contributed by atoms with van der Waals surface area (Å²) in [6, 6.07) is 6.00. The molecule has 84 valence electrons. The first-order valence-corrected chi connectivity index (χ1v) is 5.26. The average molecular weight is 214 g/mol. The first-order valence-electron chi connectivity index (χ1n) is 5.26. The maximum atomic E-state index is 5.58. The van der Waals surface area contributed by atoms with E-state index in [1.54, 1.807) is 0 Å². The lowest BCUT2D eigenvalue weighted by Crippen LogP contribution is -1.91. The number of rotatable bonds is 4. The predicted octanol–water partition coefficient (Wildman–Crippen LogP) is 4.33. The second-order valence-electron chi connectivity index (χ2n) is 3.99. The molecule has 1 nitrogen and oxygen atoms in total. The quantitative estimate of drug-likeness (QED) is 0.535. The molecular formula is C15H18O. The van der Waals surface area contributed by atoms with Crippen LogP contribution in [-0.4, -0.2) is 0 Å². The number of hydrogen-bond donors (Lipinski definition) is 0. The van der Waals surface area contributed by atoms with Gasteiger partial charge in [-0.1, -0.05) is 30.9 Å². The van der Waals surface area contributed by atoms with Crippen LogP contribution in [-0.2, 0) is 0 Å². The van der Waals surface area contributed by atoms with Gasteiger partial charge in [0.25, 0.3) is 0 Å². The maximum Gasteiger partial charge on any atom is 0.127 e. The van der Waals surface area contributed by atoms with Gasteiger partial charge in [-0.2, -0.15) is 0 Å². The molecule has 0 N–H and O–H groups in total. The van der Waals surface area contributed by atoms with E-state index in [1.165, 1.54) is 11.1 Å². The zero-order chi connectivity index (χ0) is 12.1. The van der Waals surface area contributed by atoms with E-state index in [2.05, 4.69) is 27.0 Å². The van der Waals surface area contributed by atoms with Gasteiger partial charge in [-0.15, -0.1) is 0 Å². The smallest absolute Gasteiger partial charge is 0.127 e. The van der Waals surface area contributed by atoms with Gasteiger partial charge in [-0.05, 0) is 50.1 Å². The third-order valence-corrected chi connectivity index (χ3v) is 2.28. The van der Waals surface area contributed by atoms with Gasteiger partial charge in [0.1, 0.15) is 11.5 Å². The highest BCUT2D eigenvalue weighted by Gasteiger charge is 1.98. The first-order chi connectivity index (χ1) is 7.49. The van der Waals surface area contributed by atoms with E-state index in [0.717, 1.165) is 11.3 Å². The van der Waals surface area contributed by atoms with Gasteiger partial charge in [0.15, 0.2) is 0 Å². The van der Waals surface area contributed by atoms with E-state index in [1.807, 2.05) is 37.3 Å². The van der Waals surface area contributed by atoms with Crippen molar-refractivity contribution in [3.8, 4) is 5.75 Å². The molecule has 0 heterocycles. The Kier molecular flexibility index (Phi) is 4.12. The SMILES string of the molecule is C=C(C)/C=C\C(=C)Oc1ccc(C)c(C)c1. The minimum absolute atomic E-state index is 0.617. The van der Waals surface area contributed by atoms with E-state index in [-0.39, 0.29) is 0 Å². The second-order valence-corrected chi connectivity index (χ2v) is 3.99. The maximum absolute atomic E-state index is 5.58. The molecule has 0 saturated heterocycles. The molecule has 0 aliphatic carbocycles. The topological polar surface area (TPSA) is 9.23 Å². The van der Waals surface area contributed by atoms with Gasteiger partial charge >= 0.3 is 0 Å². The largest absolute Gasteiger partial charge is 0.458 e. The monoisotopic (exact) mass is 214 g/mol. The zero-order valence-corrected chi connectivity index (χ0v) is 10.2. The Bertz CT molecular complexity index is 439. The van der Waals surface area contributed by atoms with Crippen molar-refractivity contribution in [2.45, 2.75) is 20.8 Å². The zero-order valence-electron chi connectivity index (χ0n) is 10.2. The van der Waals surface area contributed by atoms with Crippen LogP contribution in [0.2, 0.25) is 0 Å². The van der Waals surface area contributed by atoms with Crippen LogP contribution < -0.4 is 4.74 Å². The van der Waals surface area contributed by atoms with Crippen LogP contribution >= 0.6 is 0 Å². The Labute approximate surface area is 97.8 Å².